The third-order valence-corrected chi connectivity index (χ3v) is 3.02. The Balaban J connectivity index is 3.35. The molecule has 1 heterocycles. The van der Waals surface area contributed by atoms with Gasteiger partial charge in [-0.05, 0) is 25.5 Å². The van der Waals surface area contributed by atoms with Crippen molar-refractivity contribution in [2.24, 2.45) is 5.73 Å². The van der Waals surface area contributed by atoms with Crippen LogP contribution in [0, 0.1) is 0 Å². The van der Waals surface area contributed by atoms with Gasteiger partial charge in [0.25, 0.3) is 5.91 Å². The molecule has 1 amide bonds. The summed E-state index contributed by atoms with van der Waals surface area (Å²) in [6, 6.07) is 1.76. The van der Waals surface area contributed by atoms with Crippen molar-refractivity contribution in [3.05, 3.63) is 23.4 Å². The van der Waals surface area contributed by atoms with Crippen LogP contribution in [0.2, 0.25) is 0 Å². The number of nitrogens with two attached hydrogens (primary N) is 1. The Labute approximate surface area is 109 Å². The quantitative estimate of drug-likeness (QED) is 0.918. The predicted molar refractivity (Wildman–Crippen MR) is 65.9 cm³/mol. The van der Waals surface area contributed by atoms with Crippen LogP contribution in [0.25, 0.3) is 0 Å². The van der Waals surface area contributed by atoms with Gasteiger partial charge < -0.3 is 10.6 Å². The number of carbonyl (C=O) groups excluding carboxylic acids is 1. The van der Waals surface area contributed by atoms with Crippen molar-refractivity contribution >= 4 is 11.7 Å². The lowest BCUT2D eigenvalue weighted by Crippen LogP contribution is -2.32. The van der Waals surface area contributed by atoms with Gasteiger partial charge in [0.1, 0.15) is 11.5 Å². The average Bonchev–Trinajstić information content (AvgIpc) is 2.34. The van der Waals surface area contributed by atoms with Crippen molar-refractivity contribution in [2.45, 2.75) is 32.5 Å². The molecule has 1 aromatic heterocycles. The first-order valence-corrected chi connectivity index (χ1v) is 5.79. The standard InChI is InChI=1S/C12H16F3N3O/c1-4-7(2)18(3)11-8(10(16)19)5-6-9(17-11)12(13,14)15/h5-7H,4H2,1-3H3,(H2,16,19). The number of primary amides is 1. The van der Waals surface area contributed by atoms with Gasteiger partial charge in [-0.1, -0.05) is 6.92 Å². The van der Waals surface area contributed by atoms with Gasteiger partial charge in [-0.15, -0.1) is 0 Å². The zero-order valence-corrected chi connectivity index (χ0v) is 11.0. The van der Waals surface area contributed by atoms with E-state index in [4.69, 9.17) is 5.73 Å². The van der Waals surface area contributed by atoms with Crippen LogP contribution in [0.3, 0.4) is 0 Å². The van der Waals surface area contributed by atoms with Gasteiger partial charge in [0.15, 0.2) is 0 Å². The molecule has 0 radical (unpaired) electrons. The highest BCUT2D eigenvalue weighted by molar-refractivity contribution is 5.97. The number of carbonyl (C=O) groups is 1. The highest BCUT2D eigenvalue weighted by Gasteiger charge is 2.34. The van der Waals surface area contributed by atoms with E-state index in [1.807, 2.05) is 13.8 Å². The van der Waals surface area contributed by atoms with Crippen molar-refractivity contribution in [2.75, 3.05) is 11.9 Å². The number of nitrogens with zero attached hydrogens (tertiary/aromatic N) is 2. The molecule has 0 aromatic carbocycles. The summed E-state index contributed by atoms with van der Waals surface area (Å²) in [5.74, 6) is -0.844. The first kappa shape index (κ1) is 15.3. The van der Waals surface area contributed by atoms with E-state index in [0.29, 0.717) is 6.42 Å². The Morgan fingerprint density at radius 3 is 2.47 bits per heavy atom. The zero-order valence-electron chi connectivity index (χ0n) is 11.0. The van der Waals surface area contributed by atoms with E-state index in [-0.39, 0.29) is 17.4 Å². The van der Waals surface area contributed by atoms with Crippen molar-refractivity contribution in [3.63, 3.8) is 0 Å². The van der Waals surface area contributed by atoms with Crippen LogP contribution < -0.4 is 10.6 Å². The largest absolute Gasteiger partial charge is 0.433 e. The SMILES string of the molecule is CCC(C)N(C)c1nc(C(F)(F)F)ccc1C(N)=O. The van der Waals surface area contributed by atoms with Gasteiger partial charge in [0.05, 0.1) is 5.56 Å². The second-order valence-corrected chi connectivity index (χ2v) is 4.30. The number of hydrogen-bond donors (Lipinski definition) is 1. The van der Waals surface area contributed by atoms with Gasteiger partial charge in [-0.2, -0.15) is 13.2 Å². The number of amides is 1. The Kier molecular flexibility index (Phi) is 4.39. The van der Waals surface area contributed by atoms with Crippen LogP contribution in [-0.4, -0.2) is 24.0 Å². The first-order valence-electron chi connectivity index (χ1n) is 5.79. The lowest BCUT2D eigenvalue weighted by molar-refractivity contribution is -0.141. The minimum atomic E-state index is -4.55. The highest BCUT2D eigenvalue weighted by Crippen LogP contribution is 2.30. The molecule has 0 fully saturated rings. The molecule has 1 unspecified atom stereocenters. The second kappa shape index (κ2) is 5.46. The van der Waals surface area contributed by atoms with E-state index in [9.17, 15) is 18.0 Å². The monoisotopic (exact) mass is 275 g/mol. The molecule has 0 aliphatic rings. The molecule has 4 nitrogen and oxygen atoms in total. The maximum Gasteiger partial charge on any atom is 0.433 e. The van der Waals surface area contributed by atoms with Gasteiger partial charge in [-0.3, -0.25) is 4.79 Å². The summed E-state index contributed by atoms with van der Waals surface area (Å²) < 4.78 is 37.9. The molecule has 0 saturated heterocycles. The molecule has 0 bridgehead atoms. The molecule has 0 aliphatic carbocycles. The minimum Gasteiger partial charge on any atom is -0.365 e. The van der Waals surface area contributed by atoms with E-state index in [1.165, 1.54) is 4.90 Å². The summed E-state index contributed by atoms with van der Waals surface area (Å²) in [6.07, 6.45) is -3.85. The smallest absolute Gasteiger partial charge is 0.365 e. The normalized spacial score (nSPS) is 13.2. The Hall–Kier alpha value is -1.79. The van der Waals surface area contributed by atoms with Gasteiger partial charge in [-0.25, -0.2) is 4.98 Å². The Morgan fingerprint density at radius 1 is 1.47 bits per heavy atom. The number of anilines is 1. The third-order valence-electron chi connectivity index (χ3n) is 3.02. The van der Waals surface area contributed by atoms with E-state index >= 15 is 0 Å². The van der Waals surface area contributed by atoms with Gasteiger partial charge in [0.2, 0.25) is 0 Å². The number of rotatable bonds is 4. The average molecular weight is 275 g/mol. The molecule has 0 aliphatic heterocycles. The third kappa shape index (κ3) is 3.36. The van der Waals surface area contributed by atoms with Crippen molar-refractivity contribution in [1.29, 1.82) is 0 Å². The summed E-state index contributed by atoms with van der Waals surface area (Å²) >= 11 is 0. The Morgan fingerprint density at radius 2 is 2.05 bits per heavy atom. The molecule has 1 atom stereocenters. The van der Waals surface area contributed by atoms with Crippen LogP contribution >= 0.6 is 0 Å². The maximum absolute atomic E-state index is 12.6. The number of halogens is 3. The fraction of sp³-hybridized carbons (Fsp3) is 0.500. The van der Waals surface area contributed by atoms with Crippen molar-refractivity contribution in [1.82, 2.24) is 4.98 Å². The lowest BCUT2D eigenvalue weighted by atomic mass is 10.1. The fourth-order valence-corrected chi connectivity index (χ4v) is 1.55. The van der Waals surface area contributed by atoms with E-state index < -0.39 is 17.8 Å². The number of alkyl halides is 3. The second-order valence-electron chi connectivity index (χ2n) is 4.30. The number of aromatic nitrogens is 1. The van der Waals surface area contributed by atoms with Crippen LogP contribution in [0.1, 0.15) is 36.3 Å². The van der Waals surface area contributed by atoms with Gasteiger partial charge in [0, 0.05) is 13.1 Å². The summed E-state index contributed by atoms with van der Waals surface area (Å²) in [5, 5.41) is 0. The Bertz CT molecular complexity index is 474. The molecule has 7 heteroatoms. The molecule has 19 heavy (non-hydrogen) atoms. The van der Waals surface area contributed by atoms with Crippen molar-refractivity contribution < 1.29 is 18.0 Å². The lowest BCUT2D eigenvalue weighted by Gasteiger charge is -2.27. The summed E-state index contributed by atoms with van der Waals surface area (Å²) in [7, 11) is 1.59. The first-order chi connectivity index (χ1) is 8.68. The van der Waals surface area contributed by atoms with E-state index in [2.05, 4.69) is 4.98 Å². The van der Waals surface area contributed by atoms with Crippen LogP contribution in [0.5, 0.6) is 0 Å². The molecule has 1 rings (SSSR count). The van der Waals surface area contributed by atoms with Gasteiger partial charge >= 0.3 is 6.18 Å². The summed E-state index contributed by atoms with van der Waals surface area (Å²) in [4.78, 5) is 16.3. The molecular weight excluding hydrogens is 259 g/mol. The highest BCUT2D eigenvalue weighted by atomic mass is 19.4. The van der Waals surface area contributed by atoms with Crippen LogP contribution in [0.4, 0.5) is 19.0 Å². The molecular formula is C12H16F3N3O. The van der Waals surface area contributed by atoms with Crippen LogP contribution in [0.15, 0.2) is 12.1 Å². The summed E-state index contributed by atoms with van der Waals surface area (Å²) in [6.45, 7) is 3.71. The minimum absolute atomic E-state index is 0.0178. The summed E-state index contributed by atoms with van der Waals surface area (Å²) in [5.41, 5.74) is 4.11. The zero-order chi connectivity index (χ0) is 14.8. The molecule has 2 N–H and O–H groups in total. The van der Waals surface area contributed by atoms with Crippen LogP contribution in [-0.2, 0) is 6.18 Å². The number of pyridine rings is 1. The topological polar surface area (TPSA) is 59.2 Å². The van der Waals surface area contributed by atoms with Crippen molar-refractivity contribution in [3.8, 4) is 0 Å². The predicted octanol–water partition coefficient (Wildman–Crippen LogP) is 2.43. The molecule has 106 valence electrons. The van der Waals surface area contributed by atoms with E-state index in [0.717, 1.165) is 12.1 Å². The molecule has 0 saturated carbocycles. The fourth-order valence-electron chi connectivity index (χ4n) is 1.55. The van der Waals surface area contributed by atoms with E-state index in [1.54, 1.807) is 7.05 Å². The maximum atomic E-state index is 12.6. The molecule has 1 aromatic rings. The molecule has 0 spiro atoms. The number of hydrogen-bond acceptors (Lipinski definition) is 3.